The Kier molecular flexibility index (Phi) is 6.86. The summed E-state index contributed by atoms with van der Waals surface area (Å²) in [6.07, 6.45) is 0. The molecule has 0 amide bonds. The van der Waals surface area contributed by atoms with Gasteiger partial charge in [-0.15, -0.1) is 0 Å². The molecule has 0 N–H and O–H groups in total. The molecule has 1 heterocycles. The largest absolute Gasteiger partial charge is 0.435 e. The van der Waals surface area contributed by atoms with Crippen molar-refractivity contribution in [1.29, 1.82) is 0 Å². The molecule has 10 aromatic rings. The Hall–Kier alpha value is -7.23. The van der Waals surface area contributed by atoms with Crippen LogP contribution in [-0.2, 0) is 0 Å². The smallest absolute Gasteiger partial charge is 0.227 e. The van der Waals surface area contributed by atoms with E-state index in [-0.39, 0.29) is 0 Å². The summed E-state index contributed by atoms with van der Waals surface area (Å²) in [4.78, 5) is 7.46. The number of para-hydroxylation sites is 1. The van der Waals surface area contributed by atoms with Crippen molar-refractivity contribution in [3.8, 4) is 56.3 Å². The minimum atomic E-state index is 0.651. The van der Waals surface area contributed by atoms with Crippen LogP contribution >= 0.6 is 0 Å². The highest BCUT2D eigenvalue weighted by atomic mass is 16.4. The van der Waals surface area contributed by atoms with Gasteiger partial charge in [-0.1, -0.05) is 152 Å². The van der Waals surface area contributed by atoms with Crippen LogP contribution in [0.5, 0.6) is 0 Å². The lowest BCUT2D eigenvalue weighted by molar-refractivity contribution is 0.590. The second-order valence-electron chi connectivity index (χ2n) is 13.9. The molecule has 0 spiro atoms. The third kappa shape index (κ3) is 4.65. The standard InChI is InChI=1S/C51H32N2O/c1-4-15-33(16-5-1)34-27-29-37(30-28-34)53(36-19-8-3-9-20-36)49-42-23-12-10-21-39(42)46(40-22-11-13-24-43(40)49)41-31-32-45-47-38(41)25-14-26-44(47)48-50(45)54-51(52-48)35-17-6-2-7-18-35/h1-32H. The number of nitrogens with zero attached hydrogens (tertiary/aromatic N) is 2. The zero-order valence-corrected chi connectivity index (χ0v) is 29.3. The molecule has 0 fully saturated rings. The predicted octanol–water partition coefficient (Wildman–Crippen LogP) is 14.3. The number of rotatable bonds is 6. The van der Waals surface area contributed by atoms with Crippen molar-refractivity contribution >= 4 is 49.4 Å². The molecule has 9 aromatic carbocycles. The third-order valence-corrected chi connectivity index (χ3v) is 10.8. The summed E-state index contributed by atoms with van der Waals surface area (Å²) in [5.74, 6) is 1.49. The maximum absolute atomic E-state index is 6.51. The first-order chi connectivity index (χ1) is 26.8. The van der Waals surface area contributed by atoms with Gasteiger partial charge in [0.25, 0.3) is 0 Å². The molecule has 3 nitrogen and oxygen atoms in total. The van der Waals surface area contributed by atoms with Gasteiger partial charge in [-0.3, -0.25) is 0 Å². The quantitative estimate of drug-likeness (QED) is 0.163. The molecule has 0 saturated heterocycles. The van der Waals surface area contributed by atoms with Gasteiger partial charge in [0.15, 0.2) is 5.76 Å². The van der Waals surface area contributed by atoms with Crippen molar-refractivity contribution in [3.05, 3.63) is 194 Å². The van der Waals surface area contributed by atoms with E-state index >= 15 is 0 Å². The van der Waals surface area contributed by atoms with Gasteiger partial charge >= 0.3 is 0 Å². The first-order valence-corrected chi connectivity index (χ1v) is 18.4. The Morgan fingerprint density at radius 3 is 1.56 bits per heavy atom. The summed E-state index contributed by atoms with van der Waals surface area (Å²) in [6, 6.07) is 69.3. The second kappa shape index (κ2) is 12.2. The van der Waals surface area contributed by atoms with Crippen LogP contribution in [0.4, 0.5) is 17.1 Å². The molecule has 0 saturated carbocycles. The summed E-state index contributed by atoms with van der Waals surface area (Å²) < 4.78 is 6.51. The number of aromatic nitrogens is 1. The van der Waals surface area contributed by atoms with E-state index < -0.39 is 0 Å². The molecule has 0 atom stereocenters. The van der Waals surface area contributed by atoms with E-state index in [1.807, 2.05) is 30.3 Å². The first-order valence-electron chi connectivity index (χ1n) is 18.4. The number of hydrogen-bond acceptors (Lipinski definition) is 3. The summed E-state index contributed by atoms with van der Waals surface area (Å²) in [6.45, 7) is 0. The number of oxazole rings is 1. The topological polar surface area (TPSA) is 29.3 Å². The lowest BCUT2D eigenvalue weighted by Gasteiger charge is -2.30. The van der Waals surface area contributed by atoms with Crippen LogP contribution in [0, 0.1) is 0 Å². The Balaban J connectivity index is 1.14. The Labute approximate surface area is 313 Å². The molecule has 0 bridgehead atoms. The van der Waals surface area contributed by atoms with Gasteiger partial charge in [-0.2, -0.15) is 0 Å². The van der Waals surface area contributed by atoms with E-state index in [4.69, 9.17) is 9.40 Å². The molecule has 3 heteroatoms. The number of anilines is 3. The van der Waals surface area contributed by atoms with Crippen molar-refractivity contribution in [2.75, 3.05) is 4.90 Å². The minimum absolute atomic E-state index is 0.651. The maximum atomic E-state index is 6.51. The summed E-state index contributed by atoms with van der Waals surface area (Å²) >= 11 is 0. The van der Waals surface area contributed by atoms with E-state index in [2.05, 4.69) is 169 Å². The van der Waals surface area contributed by atoms with Crippen molar-refractivity contribution < 1.29 is 4.42 Å². The van der Waals surface area contributed by atoms with E-state index in [0.29, 0.717) is 5.89 Å². The zero-order chi connectivity index (χ0) is 35.6. The molecule has 0 aliphatic heterocycles. The van der Waals surface area contributed by atoms with E-state index in [0.717, 1.165) is 45.2 Å². The number of hydrogen-bond donors (Lipinski definition) is 0. The number of benzene rings is 9. The van der Waals surface area contributed by atoms with Crippen LogP contribution in [0.1, 0.15) is 0 Å². The second-order valence-corrected chi connectivity index (χ2v) is 13.9. The van der Waals surface area contributed by atoms with Crippen molar-refractivity contribution in [1.82, 2.24) is 4.98 Å². The van der Waals surface area contributed by atoms with Crippen molar-refractivity contribution in [3.63, 3.8) is 0 Å². The van der Waals surface area contributed by atoms with Gasteiger partial charge in [0.1, 0.15) is 5.69 Å². The summed E-state index contributed by atoms with van der Waals surface area (Å²) in [5, 5.41) is 7.16. The van der Waals surface area contributed by atoms with E-state index in [1.54, 1.807) is 0 Å². The lowest BCUT2D eigenvalue weighted by Crippen LogP contribution is -2.11. The van der Waals surface area contributed by atoms with E-state index in [9.17, 15) is 0 Å². The number of fused-ring (bicyclic) bond motifs is 5. The van der Waals surface area contributed by atoms with Crippen LogP contribution in [0.2, 0.25) is 0 Å². The average molecular weight is 689 g/mol. The van der Waals surface area contributed by atoms with Gasteiger partial charge < -0.3 is 9.32 Å². The highest BCUT2D eigenvalue weighted by Crippen LogP contribution is 2.53. The lowest BCUT2D eigenvalue weighted by atomic mass is 9.87. The van der Waals surface area contributed by atoms with Crippen LogP contribution in [0.3, 0.4) is 0 Å². The molecule has 1 aliphatic carbocycles. The van der Waals surface area contributed by atoms with Gasteiger partial charge in [0.05, 0.1) is 5.69 Å². The highest BCUT2D eigenvalue weighted by Gasteiger charge is 2.30. The fourth-order valence-corrected chi connectivity index (χ4v) is 8.46. The molecular formula is C51H32N2O. The maximum Gasteiger partial charge on any atom is 0.227 e. The SMILES string of the molecule is c1ccc(-c2ccc(N(c3ccccc3)c3c4ccccc4c(-c4ccc5c6c(cccc46)-c4nc(-c6ccccc6)oc4-5)c4ccccc34)cc2)cc1. The summed E-state index contributed by atoms with van der Waals surface area (Å²) in [5.41, 5.74) is 12.3. The third-order valence-electron chi connectivity index (χ3n) is 10.8. The summed E-state index contributed by atoms with van der Waals surface area (Å²) in [7, 11) is 0. The van der Waals surface area contributed by atoms with Crippen molar-refractivity contribution in [2.45, 2.75) is 0 Å². The average Bonchev–Trinajstić information content (AvgIpc) is 3.82. The van der Waals surface area contributed by atoms with Crippen LogP contribution < -0.4 is 4.90 Å². The predicted molar refractivity (Wildman–Crippen MR) is 224 cm³/mol. The Morgan fingerprint density at radius 2 is 0.889 bits per heavy atom. The van der Waals surface area contributed by atoms with Crippen LogP contribution in [0.25, 0.3) is 88.6 Å². The molecular weight excluding hydrogens is 657 g/mol. The molecule has 54 heavy (non-hydrogen) atoms. The fraction of sp³-hybridized carbons (Fsp3) is 0. The van der Waals surface area contributed by atoms with Gasteiger partial charge in [0.2, 0.25) is 5.89 Å². The van der Waals surface area contributed by atoms with Crippen molar-refractivity contribution in [2.24, 2.45) is 0 Å². The van der Waals surface area contributed by atoms with Crippen LogP contribution in [0.15, 0.2) is 199 Å². The highest BCUT2D eigenvalue weighted by molar-refractivity contribution is 6.26. The van der Waals surface area contributed by atoms with E-state index in [1.165, 1.54) is 54.6 Å². The molecule has 11 rings (SSSR count). The monoisotopic (exact) mass is 688 g/mol. The normalized spacial score (nSPS) is 11.7. The first kappa shape index (κ1) is 30.4. The fourth-order valence-electron chi connectivity index (χ4n) is 8.46. The van der Waals surface area contributed by atoms with Gasteiger partial charge in [0, 0.05) is 44.2 Å². The molecule has 1 aliphatic rings. The van der Waals surface area contributed by atoms with Crippen LogP contribution in [-0.4, -0.2) is 4.98 Å². The molecule has 0 unspecified atom stereocenters. The Bertz CT molecular complexity index is 2940. The zero-order valence-electron chi connectivity index (χ0n) is 29.3. The molecule has 0 radical (unpaired) electrons. The van der Waals surface area contributed by atoms with Gasteiger partial charge in [-0.05, 0) is 80.9 Å². The molecule has 1 aromatic heterocycles. The Morgan fingerprint density at radius 1 is 0.370 bits per heavy atom. The minimum Gasteiger partial charge on any atom is -0.435 e. The van der Waals surface area contributed by atoms with Gasteiger partial charge in [-0.25, -0.2) is 4.98 Å². The molecule has 252 valence electrons.